The lowest BCUT2D eigenvalue weighted by molar-refractivity contribution is -0.904. The second-order valence-corrected chi connectivity index (χ2v) is 10.9. The zero-order chi connectivity index (χ0) is 23.3. The summed E-state index contributed by atoms with van der Waals surface area (Å²) in [5, 5.41) is 4.05. The van der Waals surface area contributed by atoms with E-state index in [-0.39, 0.29) is 6.04 Å². The molecule has 2 aliphatic heterocycles. The third-order valence-corrected chi connectivity index (χ3v) is 8.90. The number of benzene rings is 3. The molecule has 178 valence electrons. The average molecular weight is 474 g/mol. The lowest BCUT2D eigenvalue weighted by Gasteiger charge is -2.29. The molecular weight excluding hydrogens is 436 g/mol. The highest BCUT2D eigenvalue weighted by atomic mass is 32.2. The average Bonchev–Trinajstić information content (AvgIpc) is 3.26. The molecule has 0 amide bonds. The lowest BCUT2D eigenvalue weighted by atomic mass is 9.82. The largest absolute Gasteiger partial charge is 0.488 e. The van der Waals surface area contributed by atoms with Crippen LogP contribution in [0.15, 0.2) is 77.7 Å². The zero-order valence-electron chi connectivity index (χ0n) is 20.4. The van der Waals surface area contributed by atoms with Gasteiger partial charge in [-0.2, -0.15) is 0 Å². The third-order valence-electron chi connectivity index (χ3n) is 7.46. The van der Waals surface area contributed by atoms with Gasteiger partial charge < -0.3 is 15.0 Å². The number of piperidine rings is 1. The van der Waals surface area contributed by atoms with Crippen LogP contribution in [-0.4, -0.2) is 33.3 Å². The van der Waals surface area contributed by atoms with E-state index in [4.69, 9.17) is 4.74 Å². The first-order chi connectivity index (χ1) is 16.7. The Hall–Kier alpha value is -2.27. The summed E-state index contributed by atoms with van der Waals surface area (Å²) in [6.07, 6.45) is 4.12. The number of fused-ring (bicyclic) bond motifs is 1. The number of likely N-dealkylation sites (tertiary alicyclic amines) is 1. The number of hydrogen-bond acceptors (Lipinski definition) is 3. The zero-order valence-corrected chi connectivity index (χ0v) is 21.2. The van der Waals surface area contributed by atoms with Crippen LogP contribution in [0.4, 0.5) is 0 Å². The standard InChI is InChI=1S/C30H36N2OS/c1-22-10-12-24(13-11-22)30-28(26-8-4-5-9-27(26)34-30)29(31-2)23-14-16-25(17-15-23)33-21-20-32-18-6-3-7-19-32/h4-5,8-17,28-31H,3,6-7,18-21H2,1-2H3/p+1. The molecule has 2 heterocycles. The van der Waals surface area contributed by atoms with E-state index < -0.39 is 0 Å². The van der Waals surface area contributed by atoms with E-state index in [9.17, 15) is 0 Å². The highest BCUT2D eigenvalue weighted by molar-refractivity contribution is 8.00. The van der Waals surface area contributed by atoms with Crippen molar-refractivity contribution in [2.75, 3.05) is 33.3 Å². The molecule has 2 aliphatic rings. The van der Waals surface area contributed by atoms with Crippen molar-refractivity contribution >= 4 is 11.8 Å². The van der Waals surface area contributed by atoms with Crippen LogP contribution >= 0.6 is 11.8 Å². The van der Waals surface area contributed by atoms with Crippen molar-refractivity contribution in [3.63, 3.8) is 0 Å². The lowest BCUT2D eigenvalue weighted by Crippen LogP contribution is -3.13. The van der Waals surface area contributed by atoms with Crippen LogP contribution in [-0.2, 0) is 0 Å². The maximum absolute atomic E-state index is 6.12. The smallest absolute Gasteiger partial charge is 0.137 e. The number of thioether (sulfide) groups is 1. The van der Waals surface area contributed by atoms with E-state index in [1.807, 2.05) is 11.8 Å². The Kier molecular flexibility index (Phi) is 7.58. The first-order valence-electron chi connectivity index (χ1n) is 12.8. The number of hydrogen-bond donors (Lipinski definition) is 2. The predicted octanol–water partition coefficient (Wildman–Crippen LogP) is 5.33. The van der Waals surface area contributed by atoms with Crippen molar-refractivity contribution < 1.29 is 9.64 Å². The van der Waals surface area contributed by atoms with Crippen LogP contribution < -0.4 is 15.0 Å². The van der Waals surface area contributed by atoms with Gasteiger partial charge in [-0.05, 0) is 68.1 Å². The van der Waals surface area contributed by atoms with Gasteiger partial charge in [0, 0.05) is 22.1 Å². The summed E-state index contributed by atoms with van der Waals surface area (Å²) in [6, 6.07) is 27.0. The first kappa shape index (κ1) is 23.5. The van der Waals surface area contributed by atoms with Gasteiger partial charge in [0.2, 0.25) is 0 Å². The van der Waals surface area contributed by atoms with Crippen LogP contribution in [0, 0.1) is 6.92 Å². The molecule has 0 aromatic heterocycles. The number of likely N-dealkylation sites (N-methyl/N-ethyl adjacent to an activating group) is 1. The molecule has 0 spiro atoms. The van der Waals surface area contributed by atoms with E-state index in [0.29, 0.717) is 11.2 Å². The molecule has 5 rings (SSSR count). The molecule has 3 unspecified atom stereocenters. The van der Waals surface area contributed by atoms with Crippen LogP contribution in [0.2, 0.25) is 0 Å². The molecule has 1 saturated heterocycles. The molecule has 3 aromatic rings. The van der Waals surface area contributed by atoms with Gasteiger partial charge in [0.15, 0.2) is 0 Å². The number of aryl methyl sites for hydroxylation is 1. The van der Waals surface area contributed by atoms with E-state index in [1.54, 1.807) is 4.90 Å². The van der Waals surface area contributed by atoms with Crippen LogP contribution in [0.3, 0.4) is 0 Å². The molecule has 0 bridgehead atoms. The van der Waals surface area contributed by atoms with Gasteiger partial charge in [0.05, 0.1) is 13.1 Å². The maximum Gasteiger partial charge on any atom is 0.137 e. The Balaban J connectivity index is 1.33. The highest BCUT2D eigenvalue weighted by Crippen LogP contribution is 2.58. The first-order valence-corrected chi connectivity index (χ1v) is 13.7. The number of quaternary nitrogens is 1. The summed E-state index contributed by atoms with van der Waals surface area (Å²) in [5.41, 5.74) is 5.47. The molecule has 2 N–H and O–H groups in total. The van der Waals surface area contributed by atoms with Gasteiger partial charge in [0.25, 0.3) is 0 Å². The molecule has 34 heavy (non-hydrogen) atoms. The molecule has 0 saturated carbocycles. The van der Waals surface area contributed by atoms with Crippen molar-refractivity contribution in [3.8, 4) is 5.75 Å². The molecule has 0 aliphatic carbocycles. The minimum absolute atomic E-state index is 0.231. The second kappa shape index (κ2) is 11.0. The van der Waals surface area contributed by atoms with E-state index in [0.717, 1.165) is 18.9 Å². The van der Waals surface area contributed by atoms with E-state index >= 15 is 0 Å². The Morgan fingerprint density at radius 2 is 1.68 bits per heavy atom. The Morgan fingerprint density at radius 3 is 2.41 bits per heavy atom. The Bertz CT molecular complexity index is 1060. The van der Waals surface area contributed by atoms with Gasteiger partial charge in [0.1, 0.15) is 18.9 Å². The van der Waals surface area contributed by atoms with E-state index in [2.05, 4.69) is 92.1 Å². The minimum Gasteiger partial charge on any atom is -0.488 e. The van der Waals surface area contributed by atoms with Crippen LogP contribution in [0.1, 0.15) is 58.7 Å². The Morgan fingerprint density at radius 1 is 0.941 bits per heavy atom. The van der Waals surface area contributed by atoms with Gasteiger partial charge in [-0.3, -0.25) is 0 Å². The minimum atomic E-state index is 0.231. The van der Waals surface area contributed by atoms with Gasteiger partial charge in [-0.15, -0.1) is 11.8 Å². The molecule has 3 nitrogen and oxygen atoms in total. The van der Waals surface area contributed by atoms with Gasteiger partial charge in [-0.25, -0.2) is 0 Å². The monoisotopic (exact) mass is 473 g/mol. The molecule has 3 atom stereocenters. The molecule has 4 heteroatoms. The molecule has 0 radical (unpaired) electrons. The third kappa shape index (κ3) is 5.19. The van der Waals surface area contributed by atoms with E-state index in [1.165, 1.54) is 59.5 Å². The van der Waals surface area contributed by atoms with Crippen LogP contribution in [0.25, 0.3) is 0 Å². The normalized spacial score (nSPS) is 21.2. The van der Waals surface area contributed by atoms with Gasteiger partial charge in [-0.1, -0.05) is 60.2 Å². The second-order valence-electron chi connectivity index (χ2n) is 9.76. The van der Waals surface area contributed by atoms with Crippen molar-refractivity contribution in [3.05, 3.63) is 95.1 Å². The predicted molar refractivity (Wildman–Crippen MR) is 142 cm³/mol. The number of nitrogens with one attached hydrogen (secondary N) is 2. The quantitative estimate of drug-likeness (QED) is 0.463. The summed E-state index contributed by atoms with van der Waals surface area (Å²) in [7, 11) is 2.09. The SMILES string of the molecule is CNC(c1ccc(OCC[NH+]2CCCCC2)cc1)C1c2ccccc2SC1c1ccc(C)cc1. The fraction of sp³-hybridized carbons (Fsp3) is 0.400. The summed E-state index contributed by atoms with van der Waals surface area (Å²) in [6.45, 7) is 6.66. The topological polar surface area (TPSA) is 25.7 Å². The molecular formula is C30H37N2OS+. The summed E-state index contributed by atoms with van der Waals surface area (Å²) in [5.74, 6) is 1.34. The Labute approximate surface area is 208 Å². The van der Waals surface area contributed by atoms with Crippen molar-refractivity contribution in [2.24, 2.45) is 0 Å². The fourth-order valence-corrected chi connectivity index (χ4v) is 7.08. The van der Waals surface area contributed by atoms with Crippen molar-refractivity contribution in [1.82, 2.24) is 5.32 Å². The van der Waals surface area contributed by atoms with Gasteiger partial charge >= 0.3 is 0 Å². The molecule has 1 fully saturated rings. The number of rotatable bonds is 8. The van der Waals surface area contributed by atoms with Crippen LogP contribution in [0.5, 0.6) is 5.75 Å². The maximum atomic E-state index is 6.12. The van der Waals surface area contributed by atoms with Crippen molar-refractivity contribution in [2.45, 2.75) is 48.3 Å². The summed E-state index contributed by atoms with van der Waals surface area (Å²) in [4.78, 5) is 3.09. The summed E-state index contributed by atoms with van der Waals surface area (Å²) >= 11 is 2.00. The molecule has 3 aromatic carbocycles. The van der Waals surface area contributed by atoms with Crippen molar-refractivity contribution in [1.29, 1.82) is 0 Å². The fourth-order valence-electron chi connectivity index (χ4n) is 5.56. The number of ether oxygens (including phenoxy) is 1. The highest BCUT2D eigenvalue weighted by Gasteiger charge is 2.39. The summed E-state index contributed by atoms with van der Waals surface area (Å²) < 4.78 is 6.12.